The zero-order chi connectivity index (χ0) is 9.97. The SMILES string of the molecule is O=C1COC(c2ccccn2)C(=O)N1. The molecule has 1 fully saturated rings. The first-order valence-electron chi connectivity index (χ1n) is 4.13. The Hall–Kier alpha value is -1.75. The quantitative estimate of drug-likeness (QED) is 0.625. The summed E-state index contributed by atoms with van der Waals surface area (Å²) in [6, 6.07) is 5.19. The molecule has 1 aliphatic rings. The molecule has 0 bridgehead atoms. The first-order chi connectivity index (χ1) is 6.77. The van der Waals surface area contributed by atoms with Crippen LogP contribution in [0, 0.1) is 0 Å². The van der Waals surface area contributed by atoms with Crippen LogP contribution in [0.15, 0.2) is 24.4 Å². The first kappa shape index (κ1) is 8.83. The van der Waals surface area contributed by atoms with Gasteiger partial charge in [0.05, 0.1) is 5.69 Å². The summed E-state index contributed by atoms with van der Waals surface area (Å²) in [5.41, 5.74) is 0.512. The molecule has 0 aromatic carbocycles. The third-order valence-corrected chi connectivity index (χ3v) is 1.84. The smallest absolute Gasteiger partial charge is 0.262 e. The van der Waals surface area contributed by atoms with Crippen molar-refractivity contribution >= 4 is 11.8 Å². The highest BCUT2D eigenvalue weighted by Crippen LogP contribution is 2.16. The lowest BCUT2D eigenvalue weighted by Gasteiger charge is -2.20. The van der Waals surface area contributed by atoms with Crippen molar-refractivity contribution < 1.29 is 14.3 Å². The molecule has 0 spiro atoms. The van der Waals surface area contributed by atoms with Gasteiger partial charge in [-0.15, -0.1) is 0 Å². The van der Waals surface area contributed by atoms with E-state index in [1.54, 1.807) is 24.4 Å². The Bertz CT molecular complexity index is 364. The lowest BCUT2D eigenvalue weighted by Crippen LogP contribution is -2.43. The fraction of sp³-hybridized carbons (Fsp3) is 0.222. The van der Waals surface area contributed by atoms with Crippen LogP contribution in [0.25, 0.3) is 0 Å². The van der Waals surface area contributed by atoms with E-state index < -0.39 is 17.9 Å². The maximum absolute atomic E-state index is 11.3. The summed E-state index contributed by atoms with van der Waals surface area (Å²) in [5.74, 6) is -0.873. The summed E-state index contributed by atoms with van der Waals surface area (Å²) in [7, 11) is 0. The Labute approximate surface area is 80.1 Å². The second-order valence-electron chi connectivity index (χ2n) is 2.86. The van der Waals surface area contributed by atoms with Crippen molar-refractivity contribution in [1.82, 2.24) is 10.3 Å². The van der Waals surface area contributed by atoms with Crippen molar-refractivity contribution in [3.8, 4) is 0 Å². The van der Waals surface area contributed by atoms with Crippen LogP contribution in [-0.4, -0.2) is 23.4 Å². The molecule has 2 amide bonds. The van der Waals surface area contributed by atoms with Gasteiger partial charge in [-0.05, 0) is 12.1 Å². The molecule has 72 valence electrons. The van der Waals surface area contributed by atoms with Gasteiger partial charge in [0.2, 0.25) is 0 Å². The van der Waals surface area contributed by atoms with Crippen LogP contribution in [-0.2, 0) is 14.3 Å². The molecule has 14 heavy (non-hydrogen) atoms. The van der Waals surface area contributed by atoms with E-state index in [2.05, 4.69) is 10.3 Å². The summed E-state index contributed by atoms with van der Waals surface area (Å²) in [6.45, 7) is -0.104. The normalized spacial score (nSPS) is 21.9. The van der Waals surface area contributed by atoms with E-state index >= 15 is 0 Å². The Morgan fingerprint density at radius 3 is 2.93 bits per heavy atom. The van der Waals surface area contributed by atoms with Crippen molar-refractivity contribution in [2.24, 2.45) is 0 Å². The monoisotopic (exact) mass is 192 g/mol. The number of ether oxygens (including phenoxy) is 1. The lowest BCUT2D eigenvalue weighted by molar-refractivity contribution is -0.150. The molecule has 1 aromatic heterocycles. The Morgan fingerprint density at radius 1 is 1.43 bits per heavy atom. The lowest BCUT2D eigenvalue weighted by atomic mass is 10.2. The molecular weight excluding hydrogens is 184 g/mol. The number of hydrogen-bond donors (Lipinski definition) is 1. The number of hydrogen-bond acceptors (Lipinski definition) is 4. The predicted octanol–water partition coefficient (Wildman–Crippen LogP) is -0.204. The van der Waals surface area contributed by atoms with Crippen molar-refractivity contribution in [1.29, 1.82) is 0 Å². The van der Waals surface area contributed by atoms with Crippen molar-refractivity contribution in [3.63, 3.8) is 0 Å². The fourth-order valence-electron chi connectivity index (χ4n) is 1.22. The molecule has 5 heteroatoms. The van der Waals surface area contributed by atoms with Crippen molar-refractivity contribution in [2.45, 2.75) is 6.10 Å². The largest absolute Gasteiger partial charge is 0.352 e. The maximum atomic E-state index is 11.3. The van der Waals surface area contributed by atoms with E-state index in [1.165, 1.54) is 0 Å². The minimum absolute atomic E-state index is 0.104. The Morgan fingerprint density at radius 2 is 2.29 bits per heavy atom. The number of nitrogens with zero attached hydrogens (tertiary/aromatic N) is 1. The van der Waals surface area contributed by atoms with Crippen LogP contribution in [0.2, 0.25) is 0 Å². The number of pyridine rings is 1. The van der Waals surface area contributed by atoms with E-state index in [1.807, 2.05) is 0 Å². The highest BCUT2D eigenvalue weighted by Gasteiger charge is 2.29. The van der Waals surface area contributed by atoms with Gasteiger partial charge in [0.15, 0.2) is 6.10 Å². The van der Waals surface area contributed by atoms with Crippen LogP contribution < -0.4 is 5.32 Å². The molecular formula is C9H8N2O3. The van der Waals surface area contributed by atoms with Gasteiger partial charge in [-0.25, -0.2) is 0 Å². The van der Waals surface area contributed by atoms with E-state index in [0.29, 0.717) is 5.69 Å². The minimum Gasteiger partial charge on any atom is -0.352 e. The molecule has 1 N–H and O–H groups in total. The third kappa shape index (κ3) is 1.62. The van der Waals surface area contributed by atoms with E-state index in [4.69, 9.17) is 4.74 Å². The molecule has 2 heterocycles. The van der Waals surface area contributed by atoms with Gasteiger partial charge >= 0.3 is 0 Å². The molecule has 1 aliphatic heterocycles. The average molecular weight is 192 g/mol. The number of carbonyl (C=O) groups excluding carboxylic acids is 2. The zero-order valence-electron chi connectivity index (χ0n) is 7.27. The average Bonchev–Trinajstić information content (AvgIpc) is 2.19. The topological polar surface area (TPSA) is 68.3 Å². The molecule has 5 nitrogen and oxygen atoms in total. The first-order valence-corrected chi connectivity index (χ1v) is 4.13. The number of nitrogens with one attached hydrogen (secondary N) is 1. The molecule has 1 aromatic rings. The van der Waals surface area contributed by atoms with Gasteiger partial charge < -0.3 is 4.74 Å². The molecule has 1 atom stereocenters. The van der Waals surface area contributed by atoms with E-state index in [9.17, 15) is 9.59 Å². The number of carbonyl (C=O) groups is 2. The number of morpholine rings is 1. The van der Waals surface area contributed by atoms with Crippen LogP contribution in [0.4, 0.5) is 0 Å². The molecule has 2 rings (SSSR count). The summed E-state index contributed by atoms with van der Waals surface area (Å²) in [4.78, 5) is 26.1. The van der Waals surface area contributed by atoms with Gasteiger partial charge in [0, 0.05) is 6.20 Å². The summed E-state index contributed by atoms with van der Waals surface area (Å²) in [5, 5.41) is 2.18. The number of rotatable bonds is 1. The second kappa shape index (κ2) is 3.55. The van der Waals surface area contributed by atoms with Gasteiger partial charge in [0.25, 0.3) is 11.8 Å². The van der Waals surface area contributed by atoms with Gasteiger partial charge in [-0.1, -0.05) is 6.07 Å². The van der Waals surface area contributed by atoms with Gasteiger partial charge in [0.1, 0.15) is 6.61 Å². The van der Waals surface area contributed by atoms with Crippen LogP contribution in [0.5, 0.6) is 0 Å². The van der Waals surface area contributed by atoms with Crippen LogP contribution >= 0.6 is 0 Å². The third-order valence-electron chi connectivity index (χ3n) is 1.84. The fourth-order valence-corrected chi connectivity index (χ4v) is 1.22. The van der Waals surface area contributed by atoms with Crippen molar-refractivity contribution in [3.05, 3.63) is 30.1 Å². The number of amides is 2. The molecule has 1 unspecified atom stereocenters. The number of imide groups is 1. The zero-order valence-corrected chi connectivity index (χ0v) is 7.27. The molecule has 0 saturated carbocycles. The van der Waals surface area contributed by atoms with Crippen molar-refractivity contribution in [2.75, 3.05) is 6.61 Å². The van der Waals surface area contributed by atoms with Gasteiger partial charge in [-0.3, -0.25) is 19.9 Å². The van der Waals surface area contributed by atoms with Gasteiger partial charge in [-0.2, -0.15) is 0 Å². The highest BCUT2D eigenvalue weighted by molar-refractivity contribution is 5.99. The molecule has 0 aliphatic carbocycles. The van der Waals surface area contributed by atoms with E-state index in [-0.39, 0.29) is 6.61 Å². The Balaban J connectivity index is 2.20. The maximum Gasteiger partial charge on any atom is 0.262 e. The molecule has 1 saturated heterocycles. The summed E-state index contributed by atoms with van der Waals surface area (Å²) < 4.78 is 5.06. The minimum atomic E-state index is -0.770. The number of aromatic nitrogens is 1. The molecule has 0 radical (unpaired) electrons. The second-order valence-corrected chi connectivity index (χ2v) is 2.86. The summed E-state index contributed by atoms with van der Waals surface area (Å²) in [6.07, 6.45) is 0.802. The predicted molar refractivity (Wildman–Crippen MR) is 46.1 cm³/mol. The highest BCUT2D eigenvalue weighted by atomic mass is 16.5. The van der Waals surface area contributed by atoms with Crippen LogP contribution in [0.3, 0.4) is 0 Å². The van der Waals surface area contributed by atoms with E-state index in [0.717, 1.165) is 0 Å². The Kier molecular flexibility index (Phi) is 2.24. The summed E-state index contributed by atoms with van der Waals surface area (Å²) >= 11 is 0. The standard InChI is InChI=1S/C9H8N2O3/c12-7-5-14-8(9(13)11-7)6-3-1-2-4-10-6/h1-4,8H,5H2,(H,11,12,13). The van der Waals surface area contributed by atoms with Crippen LogP contribution in [0.1, 0.15) is 11.8 Å².